The highest BCUT2D eigenvalue weighted by Gasteiger charge is 2.14. The van der Waals surface area contributed by atoms with Crippen LogP contribution in [0, 0.1) is 13.8 Å². The normalized spacial score (nSPS) is 11.6. The lowest BCUT2D eigenvalue weighted by molar-refractivity contribution is -0.127. The third kappa shape index (κ3) is 5.91. The van der Waals surface area contributed by atoms with Gasteiger partial charge in [0.25, 0.3) is 5.91 Å². The van der Waals surface area contributed by atoms with Gasteiger partial charge in [0.15, 0.2) is 17.6 Å². The highest BCUT2D eigenvalue weighted by Crippen LogP contribution is 2.27. The predicted molar refractivity (Wildman–Crippen MR) is 107 cm³/mol. The molecule has 1 atom stereocenters. The Bertz CT molecular complexity index is 773. The van der Waals surface area contributed by atoms with Gasteiger partial charge in [0, 0.05) is 6.54 Å². The van der Waals surface area contributed by atoms with Crippen LogP contribution < -0.4 is 19.5 Å². The van der Waals surface area contributed by atoms with E-state index in [1.54, 1.807) is 21.1 Å². The molecule has 0 saturated heterocycles. The van der Waals surface area contributed by atoms with Crippen molar-refractivity contribution >= 4 is 5.91 Å². The van der Waals surface area contributed by atoms with Crippen LogP contribution in [0.2, 0.25) is 0 Å². The van der Waals surface area contributed by atoms with E-state index in [4.69, 9.17) is 14.2 Å². The Morgan fingerprint density at radius 1 is 1.00 bits per heavy atom. The number of nitrogens with one attached hydrogen (secondary N) is 1. The standard InChI is InChI=1S/C22H29NO4/c1-15-8-10-19(13-16(15)2)27-17(3)22(24)23-12-6-7-18-9-11-20(25-4)21(14-18)26-5/h8-11,13-14,17H,6-7,12H2,1-5H3,(H,23,24). The van der Waals surface area contributed by atoms with Gasteiger partial charge < -0.3 is 19.5 Å². The fourth-order valence-corrected chi connectivity index (χ4v) is 2.73. The van der Waals surface area contributed by atoms with Gasteiger partial charge in [-0.3, -0.25) is 4.79 Å². The summed E-state index contributed by atoms with van der Waals surface area (Å²) in [5.74, 6) is 2.04. The van der Waals surface area contributed by atoms with E-state index in [1.165, 1.54) is 5.56 Å². The molecule has 146 valence electrons. The fourth-order valence-electron chi connectivity index (χ4n) is 2.73. The number of benzene rings is 2. The lowest BCUT2D eigenvalue weighted by atomic mass is 10.1. The van der Waals surface area contributed by atoms with Crippen LogP contribution in [-0.4, -0.2) is 32.8 Å². The van der Waals surface area contributed by atoms with E-state index in [2.05, 4.69) is 5.32 Å². The zero-order valence-corrected chi connectivity index (χ0v) is 16.8. The topological polar surface area (TPSA) is 56.8 Å². The van der Waals surface area contributed by atoms with Crippen LogP contribution in [0.15, 0.2) is 36.4 Å². The molecule has 0 heterocycles. The Morgan fingerprint density at radius 2 is 1.74 bits per heavy atom. The molecular weight excluding hydrogens is 342 g/mol. The zero-order valence-electron chi connectivity index (χ0n) is 16.8. The van der Waals surface area contributed by atoms with E-state index in [0.29, 0.717) is 18.0 Å². The SMILES string of the molecule is COc1ccc(CCCNC(=O)C(C)Oc2ccc(C)c(C)c2)cc1OC. The summed E-state index contributed by atoms with van der Waals surface area (Å²) in [5.41, 5.74) is 3.49. The number of hydrogen-bond donors (Lipinski definition) is 1. The summed E-state index contributed by atoms with van der Waals surface area (Å²) >= 11 is 0. The maximum atomic E-state index is 12.2. The van der Waals surface area contributed by atoms with Crippen molar-refractivity contribution in [2.75, 3.05) is 20.8 Å². The van der Waals surface area contributed by atoms with Crippen LogP contribution >= 0.6 is 0 Å². The van der Waals surface area contributed by atoms with Gasteiger partial charge in [0.1, 0.15) is 5.75 Å². The lowest BCUT2D eigenvalue weighted by Gasteiger charge is -2.15. The summed E-state index contributed by atoms with van der Waals surface area (Å²) < 4.78 is 16.3. The van der Waals surface area contributed by atoms with Crippen LogP contribution in [0.3, 0.4) is 0 Å². The second kappa shape index (κ2) is 9.86. The van der Waals surface area contributed by atoms with Crippen LogP contribution in [-0.2, 0) is 11.2 Å². The largest absolute Gasteiger partial charge is 0.493 e. The monoisotopic (exact) mass is 371 g/mol. The number of rotatable bonds is 9. The number of amides is 1. The van der Waals surface area contributed by atoms with Gasteiger partial charge in [-0.25, -0.2) is 0 Å². The molecule has 0 bridgehead atoms. The first kappa shape index (κ1) is 20.6. The first-order valence-electron chi connectivity index (χ1n) is 9.17. The molecular formula is C22H29NO4. The van der Waals surface area contributed by atoms with Crippen LogP contribution in [0.25, 0.3) is 0 Å². The first-order valence-corrected chi connectivity index (χ1v) is 9.17. The van der Waals surface area contributed by atoms with Crippen LogP contribution in [0.4, 0.5) is 0 Å². The average Bonchev–Trinajstić information content (AvgIpc) is 2.67. The van der Waals surface area contributed by atoms with E-state index in [0.717, 1.165) is 29.7 Å². The Morgan fingerprint density at radius 3 is 2.41 bits per heavy atom. The summed E-state index contributed by atoms with van der Waals surface area (Å²) in [6, 6.07) is 11.7. The quantitative estimate of drug-likeness (QED) is 0.681. The van der Waals surface area contributed by atoms with Gasteiger partial charge in [-0.2, -0.15) is 0 Å². The minimum Gasteiger partial charge on any atom is -0.493 e. The smallest absolute Gasteiger partial charge is 0.260 e. The minimum atomic E-state index is -0.534. The number of ether oxygens (including phenoxy) is 3. The maximum Gasteiger partial charge on any atom is 0.260 e. The summed E-state index contributed by atoms with van der Waals surface area (Å²) in [6.45, 7) is 6.43. The third-order valence-corrected chi connectivity index (χ3v) is 4.55. The molecule has 2 rings (SSSR count). The number of carbonyl (C=O) groups excluding carboxylic acids is 1. The Kier molecular flexibility index (Phi) is 7.53. The highest BCUT2D eigenvalue weighted by atomic mass is 16.5. The molecule has 1 amide bonds. The summed E-state index contributed by atoms with van der Waals surface area (Å²) in [7, 11) is 3.24. The van der Waals surface area contributed by atoms with Crippen molar-refractivity contribution in [1.82, 2.24) is 5.32 Å². The molecule has 0 saturated carbocycles. The first-order chi connectivity index (χ1) is 12.9. The van der Waals surface area contributed by atoms with Crippen molar-refractivity contribution in [1.29, 1.82) is 0 Å². The molecule has 1 unspecified atom stereocenters. The van der Waals surface area contributed by atoms with E-state index in [-0.39, 0.29) is 5.91 Å². The Hall–Kier alpha value is -2.69. The van der Waals surface area contributed by atoms with Gasteiger partial charge in [0.2, 0.25) is 0 Å². The van der Waals surface area contributed by atoms with Crippen molar-refractivity contribution < 1.29 is 19.0 Å². The van der Waals surface area contributed by atoms with Crippen molar-refractivity contribution in [2.24, 2.45) is 0 Å². The number of carbonyl (C=O) groups is 1. The Balaban J connectivity index is 1.77. The molecule has 2 aromatic rings. The second-order valence-corrected chi connectivity index (χ2v) is 6.59. The van der Waals surface area contributed by atoms with Gasteiger partial charge in [-0.05, 0) is 74.6 Å². The number of methoxy groups -OCH3 is 2. The zero-order chi connectivity index (χ0) is 19.8. The van der Waals surface area contributed by atoms with Gasteiger partial charge in [-0.1, -0.05) is 12.1 Å². The molecule has 0 aliphatic heterocycles. The molecule has 2 aromatic carbocycles. The highest BCUT2D eigenvalue weighted by molar-refractivity contribution is 5.80. The molecule has 5 heteroatoms. The predicted octanol–water partition coefficient (Wildman–Crippen LogP) is 3.84. The maximum absolute atomic E-state index is 12.2. The minimum absolute atomic E-state index is 0.111. The number of hydrogen-bond acceptors (Lipinski definition) is 4. The summed E-state index contributed by atoms with van der Waals surface area (Å²) in [5, 5.41) is 2.93. The second-order valence-electron chi connectivity index (χ2n) is 6.59. The molecule has 5 nitrogen and oxygen atoms in total. The van der Waals surface area contributed by atoms with E-state index < -0.39 is 6.10 Å². The number of aryl methyl sites for hydroxylation is 3. The molecule has 27 heavy (non-hydrogen) atoms. The van der Waals surface area contributed by atoms with Crippen molar-refractivity contribution in [3.8, 4) is 17.2 Å². The fraction of sp³-hybridized carbons (Fsp3) is 0.409. The average molecular weight is 371 g/mol. The molecule has 0 aliphatic rings. The van der Waals surface area contributed by atoms with Gasteiger partial charge in [-0.15, -0.1) is 0 Å². The summed E-state index contributed by atoms with van der Waals surface area (Å²) in [4.78, 5) is 12.2. The van der Waals surface area contributed by atoms with Crippen LogP contribution in [0.5, 0.6) is 17.2 Å². The molecule has 0 radical (unpaired) electrons. The van der Waals surface area contributed by atoms with Crippen molar-refractivity contribution in [2.45, 2.75) is 39.7 Å². The van der Waals surface area contributed by atoms with E-state index in [1.807, 2.05) is 50.2 Å². The van der Waals surface area contributed by atoms with Crippen LogP contribution in [0.1, 0.15) is 30.0 Å². The van der Waals surface area contributed by atoms with Crippen molar-refractivity contribution in [3.63, 3.8) is 0 Å². The molecule has 0 aromatic heterocycles. The lowest BCUT2D eigenvalue weighted by Crippen LogP contribution is -2.36. The van der Waals surface area contributed by atoms with Crippen molar-refractivity contribution in [3.05, 3.63) is 53.1 Å². The van der Waals surface area contributed by atoms with Gasteiger partial charge >= 0.3 is 0 Å². The van der Waals surface area contributed by atoms with Gasteiger partial charge in [0.05, 0.1) is 14.2 Å². The molecule has 0 aliphatic carbocycles. The molecule has 0 spiro atoms. The van der Waals surface area contributed by atoms with E-state index >= 15 is 0 Å². The molecule has 1 N–H and O–H groups in total. The van der Waals surface area contributed by atoms with E-state index in [9.17, 15) is 4.79 Å². The Labute approximate surface area is 161 Å². The summed E-state index contributed by atoms with van der Waals surface area (Å²) in [6.07, 6.45) is 1.14. The molecule has 0 fully saturated rings. The third-order valence-electron chi connectivity index (χ3n) is 4.55.